The Kier molecular flexibility index (Phi) is 2.82. The van der Waals surface area contributed by atoms with E-state index in [1.807, 2.05) is 0 Å². The third-order valence-electron chi connectivity index (χ3n) is 2.04. The maximum absolute atomic E-state index is 12.4. The fourth-order valence-electron chi connectivity index (χ4n) is 1.10. The number of aliphatic hydroxyl groups excluding tert-OH is 1. The molecule has 0 atom stereocenters. The minimum atomic E-state index is -3.72. The molecule has 1 aliphatic rings. The lowest BCUT2D eigenvalue weighted by molar-refractivity contribution is -0.164. The highest BCUT2D eigenvalue weighted by Gasteiger charge is 2.40. The first-order chi connectivity index (χ1) is 5.92. The summed E-state index contributed by atoms with van der Waals surface area (Å²) < 4.78 is 24.9. The summed E-state index contributed by atoms with van der Waals surface area (Å²) in [6.07, 6.45) is 0.390. The molecular weight excluding hydrogens is 184 g/mol. The lowest BCUT2D eigenvalue weighted by Crippen LogP contribution is -2.50. The summed E-state index contributed by atoms with van der Waals surface area (Å²) >= 11 is 0. The van der Waals surface area contributed by atoms with Crippen LogP contribution in [0.15, 0.2) is 0 Å². The topological polar surface area (TPSA) is 69.6 Å². The van der Waals surface area contributed by atoms with Gasteiger partial charge in [0.1, 0.15) is 0 Å². The number of carbonyl (C=O) groups is 1. The van der Waals surface area contributed by atoms with Gasteiger partial charge in [-0.05, 0) is 12.8 Å². The predicted octanol–water partition coefficient (Wildman–Crippen LogP) is -0.181. The van der Waals surface area contributed by atoms with Crippen LogP contribution >= 0.6 is 0 Å². The van der Waals surface area contributed by atoms with Gasteiger partial charge in [0, 0.05) is 6.04 Å². The van der Waals surface area contributed by atoms with Gasteiger partial charge in [-0.15, -0.1) is 0 Å². The summed E-state index contributed by atoms with van der Waals surface area (Å²) in [7, 11) is 0. The van der Waals surface area contributed by atoms with Crippen molar-refractivity contribution in [1.82, 2.24) is 5.32 Å². The molecule has 0 unspecified atom stereocenters. The summed E-state index contributed by atoms with van der Waals surface area (Å²) in [5.41, 5.74) is 0. The fourth-order valence-corrected chi connectivity index (χ4v) is 1.10. The number of rotatable bonds is 4. The molecule has 1 fully saturated rings. The molecule has 0 aromatic carbocycles. The van der Waals surface area contributed by atoms with Gasteiger partial charge < -0.3 is 15.5 Å². The molecule has 1 saturated carbocycles. The SMILES string of the molecule is O=C(O)C(F)(F)CNC1CC(O)C1. The Bertz CT molecular complexity index is 204. The zero-order valence-corrected chi connectivity index (χ0v) is 6.83. The van der Waals surface area contributed by atoms with Crippen LogP contribution in [0.5, 0.6) is 0 Å². The van der Waals surface area contributed by atoms with Crippen molar-refractivity contribution in [3.63, 3.8) is 0 Å². The van der Waals surface area contributed by atoms with Crippen molar-refractivity contribution >= 4 is 5.97 Å². The highest BCUT2D eigenvalue weighted by molar-refractivity contribution is 5.75. The molecular formula is C7H11F2NO3. The Morgan fingerprint density at radius 1 is 1.54 bits per heavy atom. The van der Waals surface area contributed by atoms with Gasteiger partial charge in [-0.25, -0.2) is 4.79 Å². The molecule has 4 nitrogen and oxygen atoms in total. The Balaban J connectivity index is 2.22. The number of carboxylic acid groups (broad SMARTS) is 1. The third kappa shape index (κ3) is 2.60. The largest absolute Gasteiger partial charge is 0.477 e. The second-order valence-electron chi connectivity index (χ2n) is 3.21. The summed E-state index contributed by atoms with van der Waals surface area (Å²) in [4.78, 5) is 9.96. The summed E-state index contributed by atoms with van der Waals surface area (Å²) in [6, 6.07) is -0.180. The van der Waals surface area contributed by atoms with E-state index in [-0.39, 0.29) is 6.04 Å². The zero-order valence-electron chi connectivity index (χ0n) is 6.83. The molecule has 6 heteroatoms. The van der Waals surface area contributed by atoms with Gasteiger partial charge in [0.2, 0.25) is 0 Å². The van der Waals surface area contributed by atoms with Gasteiger partial charge in [-0.2, -0.15) is 8.78 Å². The maximum Gasteiger partial charge on any atom is 0.375 e. The van der Waals surface area contributed by atoms with E-state index in [4.69, 9.17) is 10.2 Å². The number of hydrogen-bond donors (Lipinski definition) is 3. The van der Waals surface area contributed by atoms with Crippen LogP contribution in [0, 0.1) is 0 Å². The fraction of sp³-hybridized carbons (Fsp3) is 0.857. The highest BCUT2D eigenvalue weighted by Crippen LogP contribution is 2.21. The molecule has 0 aliphatic heterocycles. The van der Waals surface area contributed by atoms with Gasteiger partial charge in [0.25, 0.3) is 0 Å². The number of nitrogens with one attached hydrogen (secondary N) is 1. The Morgan fingerprint density at radius 2 is 2.08 bits per heavy atom. The van der Waals surface area contributed by atoms with E-state index in [2.05, 4.69) is 5.32 Å². The molecule has 0 radical (unpaired) electrons. The van der Waals surface area contributed by atoms with Crippen LogP contribution in [0.1, 0.15) is 12.8 Å². The number of halogens is 2. The van der Waals surface area contributed by atoms with Crippen LogP contribution in [-0.2, 0) is 4.79 Å². The Hall–Kier alpha value is -0.750. The van der Waals surface area contributed by atoms with Crippen molar-refractivity contribution < 1.29 is 23.8 Å². The monoisotopic (exact) mass is 195 g/mol. The average molecular weight is 195 g/mol. The van der Waals surface area contributed by atoms with Gasteiger partial charge in [-0.1, -0.05) is 0 Å². The van der Waals surface area contributed by atoms with Gasteiger partial charge in [0.05, 0.1) is 12.6 Å². The van der Waals surface area contributed by atoms with E-state index in [9.17, 15) is 13.6 Å². The van der Waals surface area contributed by atoms with Crippen molar-refractivity contribution in [3.05, 3.63) is 0 Å². The molecule has 0 aromatic heterocycles. The Labute approximate surface area is 73.6 Å². The quantitative estimate of drug-likeness (QED) is 0.582. The van der Waals surface area contributed by atoms with E-state index in [0.717, 1.165) is 0 Å². The van der Waals surface area contributed by atoms with Crippen LogP contribution in [-0.4, -0.2) is 40.8 Å². The van der Waals surface area contributed by atoms with E-state index < -0.39 is 24.5 Å². The van der Waals surface area contributed by atoms with Crippen molar-refractivity contribution in [2.75, 3.05) is 6.54 Å². The van der Waals surface area contributed by atoms with Crippen LogP contribution in [0.2, 0.25) is 0 Å². The summed E-state index contributed by atoms with van der Waals surface area (Å²) in [6.45, 7) is -0.875. The second kappa shape index (κ2) is 3.55. The molecule has 3 N–H and O–H groups in total. The van der Waals surface area contributed by atoms with Gasteiger partial charge in [0.15, 0.2) is 0 Å². The first kappa shape index (κ1) is 10.3. The molecule has 76 valence electrons. The zero-order chi connectivity index (χ0) is 10.1. The molecule has 0 spiro atoms. The molecule has 1 rings (SSSR count). The van der Waals surface area contributed by atoms with Crippen molar-refractivity contribution in [2.45, 2.75) is 30.9 Å². The minimum Gasteiger partial charge on any atom is -0.477 e. The van der Waals surface area contributed by atoms with Crippen molar-refractivity contribution in [1.29, 1.82) is 0 Å². The first-order valence-corrected chi connectivity index (χ1v) is 3.94. The van der Waals surface area contributed by atoms with Crippen LogP contribution in [0.25, 0.3) is 0 Å². The normalized spacial score (nSPS) is 28.2. The molecule has 0 bridgehead atoms. The minimum absolute atomic E-state index is 0.180. The summed E-state index contributed by atoms with van der Waals surface area (Å²) in [5, 5.41) is 19.3. The molecule has 1 aliphatic carbocycles. The van der Waals surface area contributed by atoms with Crippen LogP contribution < -0.4 is 5.32 Å². The van der Waals surface area contributed by atoms with Crippen molar-refractivity contribution in [2.24, 2.45) is 0 Å². The lowest BCUT2D eigenvalue weighted by Gasteiger charge is -2.32. The number of alkyl halides is 2. The lowest BCUT2D eigenvalue weighted by atomic mass is 9.89. The van der Waals surface area contributed by atoms with Crippen molar-refractivity contribution in [3.8, 4) is 0 Å². The summed E-state index contributed by atoms with van der Waals surface area (Å²) in [5.74, 6) is -5.85. The molecule has 0 saturated heterocycles. The Morgan fingerprint density at radius 3 is 2.46 bits per heavy atom. The number of aliphatic carboxylic acids is 1. The third-order valence-corrected chi connectivity index (χ3v) is 2.04. The maximum atomic E-state index is 12.4. The standard InChI is InChI=1S/C7H11F2NO3/c8-7(9,6(12)13)3-10-4-1-5(11)2-4/h4-5,10-11H,1-3H2,(H,12,13). The first-order valence-electron chi connectivity index (χ1n) is 3.94. The van der Waals surface area contributed by atoms with E-state index >= 15 is 0 Å². The molecule has 0 aromatic rings. The number of hydrogen-bond acceptors (Lipinski definition) is 3. The van der Waals surface area contributed by atoms with E-state index in [1.165, 1.54) is 0 Å². The van der Waals surface area contributed by atoms with Crippen LogP contribution in [0.4, 0.5) is 8.78 Å². The van der Waals surface area contributed by atoms with E-state index in [0.29, 0.717) is 12.8 Å². The van der Waals surface area contributed by atoms with E-state index in [1.54, 1.807) is 0 Å². The highest BCUT2D eigenvalue weighted by atomic mass is 19.3. The van der Waals surface area contributed by atoms with Gasteiger partial charge >= 0.3 is 11.9 Å². The number of aliphatic hydroxyl groups is 1. The molecule has 0 heterocycles. The predicted molar refractivity (Wildman–Crippen MR) is 39.6 cm³/mol. The molecule has 13 heavy (non-hydrogen) atoms. The second-order valence-corrected chi connectivity index (χ2v) is 3.21. The van der Waals surface area contributed by atoms with Gasteiger partial charge in [-0.3, -0.25) is 0 Å². The average Bonchev–Trinajstić information content (AvgIpc) is 1.95. The smallest absolute Gasteiger partial charge is 0.375 e. The number of carboxylic acids is 1. The molecule has 0 amide bonds. The van der Waals surface area contributed by atoms with Crippen LogP contribution in [0.3, 0.4) is 0 Å².